The monoisotopic (exact) mass is 303 g/mol. The van der Waals surface area contributed by atoms with Crippen molar-refractivity contribution in [1.29, 1.82) is 0 Å². The third-order valence-electron chi connectivity index (χ3n) is 5.04. The van der Waals surface area contributed by atoms with E-state index >= 15 is 0 Å². The zero-order valence-corrected chi connectivity index (χ0v) is 13.5. The Balaban J connectivity index is 1.87. The van der Waals surface area contributed by atoms with Gasteiger partial charge in [-0.05, 0) is 43.9 Å². The van der Waals surface area contributed by atoms with Gasteiger partial charge in [-0.1, -0.05) is 12.8 Å². The van der Waals surface area contributed by atoms with Gasteiger partial charge in [0.1, 0.15) is 11.5 Å². The van der Waals surface area contributed by atoms with E-state index in [0.717, 1.165) is 49.3 Å². The van der Waals surface area contributed by atoms with E-state index < -0.39 is 0 Å². The number of amides is 1. The molecule has 1 saturated carbocycles. The van der Waals surface area contributed by atoms with E-state index in [4.69, 9.17) is 9.47 Å². The van der Waals surface area contributed by atoms with Crippen molar-refractivity contribution in [3.05, 3.63) is 23.8 Å². The molecule has 0 radical (unpaired) electrons. The maximum atomic E-state index is 12.8. The quantitative estimate of drug-likeness (QED) is 0.853. The Labute approximate surface area is 132 Å². The van der Waals surface area contributed by atoms with Gasteiger partial charge in [-0.15, -0.1) is 0 Å². The van der Waals surface area contributed by atoms with Crippen molar-refractivity contribution in [2.24, 2.45) is 5.92 Å². The fourth-order valence-corrected chi connectivity index (χ4v) is 3.86. The summed E-state index contributed by atoms with van der Waals surface area (Å²) in [6, 6.07) is 5.98. The molecule has 1 aromatic rings. The molecule has 1 aromatic carbocycles. The molecule has 0 bridgehead atoms. The lowest BCUT2D eigenvalue weighted by Crippen LogP contribution is -2.35. The number of benzene rings is 1. The van der Waals surface area contributed by atoms with Crippen LogP contribution >= 0.6 is 0 Å². The maximum absolute atomic E-state index is 12.8. The van der Waals surface area contributed by atoms with Gasteiger partial charge >= 0.3 is 0 Å². The molecule has 120 valence electrons. The first-order valence-corrected chi connectivity index (χ1v) is 8.27. The zero-order valence-electron chi connectivity index (χ0n) is 13.5. The van der Waals surface area contributed by atoms with Gasteiger partial charge in [-0.25, -0.2) is 0 Å². The van der Waals surface area contributed by atoms with Crippen LogP contribution in [0.5, 0.6) is 11.5 Å². The fourth-order valence-electron chi connectivity index (χ4n) is 3.86. The number of methoxy groups -OCH3 is 2. The van der Waals surface area contributed by atoms with Crippen LogP contribution in [0.1, 0.15) is 50.1 Å². The molecule has 2 aliphatic rings. The van der Waals surface area contributed by atoms with Crippen LogP contribution in [-0.2, 0) is 4.79 Å². The van der Waals surface area contributed by atoms with Crippen LogP contribution in [0.15, 0.2) is 18.2 Å². The van der Waals surface area contributed by atoms with Crippen LogP contribution in [0.25, 0.3) is 0 Å². The number of rotatable bonds is 4. The molecular formula is C18H25NO3. The number of carbonyl (C=O) groups is 1. The number of hydrogen-bond donors (Lipinski definition) is 0. The predicted molar refractivity (Wildman–Crippen MR) is 85.2 cm³/mol. The number of carbonyl (C=O) groups excluding carboxylic acids is 1. The number of ether oxygens (including phenoxy) is 2. The SMILES string of the molecule is COc1ccc(OC)c(C2CCCN2C(=O)C2CCCC2)c1. The first kappa shape index (κ1) is 15.2. The summed E-state index contributed by atoms with van der Waals surface area (Å²) in [5.74, 6) is 2.23. The summed E-state index contributed by atoms with van der Waals surface area (Å²) in [7, 11) is 3.35. The number of hydrogen-bond acceptors (Lipinski definition) is 3. The third kappa shape index (κ3) is 2.79. The summed E-state index contributed by atoms with van der Waals surface area (Å²) in [6.07, 6.45) is 6.55. The molecule has 2 fully saturated rings. The molecule has 3 rings (SSSR count). The molecule has 0 N–H and O–H groups in total. The molecule has 4 nitrogen and oxygen atoms in total. The smallest absolute Gasteiger partial charge is 0.226 e. The first-order chi connectivity index (χ1) is 10.7. The van der Waals surface area contributed by atoms with Gasteiger partial charge in [0.25, 0.3) is 0 Å². The highest BCUT2D eigenvalue weighted by molar-refractivity contribution is 5.80. The molecular weight excluding hydrogens is 278 g/mol. The summed E-state index contributed by atoms with van der Waals surface area (Å²) in [4.78, 5) is 14.9. The van der Waals surface area contributed by atoms with Crippen LogP contribution in [0, 0.1) is 5.92 Å². The highest BCUT2D eigenvalue weighted by Crippen LogP contribution is 2.40. The minimum absolute atomic E-state index is 0.123. The van der Waals surface area contributed by atoms with Gasteiger partial charge in [0.2, 0.25) is 5.91 Å². The predicted octanol–water partition coefficient (Wildman–Crippen LogP) is 3.56. The van der Waals surface area contributed by atoms with Crippen LogP contribution < -0.4 is 9.47 Å². The Bertz CT molecular complexity index is 537. The topological polar surface area (TPSA) is 38.8 Å². The summed E-state index contributed by atoms with van der Waals surface area (Å²) in [5, 5.41) is 0. The van der Waals surface area contributed by atoms with Crippen molar-refractivity contribution in [1.82, 2.24) is 4.90 Å². The molecule has 1 atom stereocenters. The van der Waals surface area contributed by atoms with Crippen molar-refractivity contribution in [3.63, 3.8) is 0 Å². The van der Waals surface area contributed by atoms with Gasteiger partial charge in [0.15, 0.2) is 0 Å². The summed E-state index contributed by atoms with van der Waals surface area (Å²) >= 11 is 0. The lowest BCUT2D eigenvalue weighted by Gasteiger charge is -2.29. The summed E-state index contributed by atoms with van der Waals surface area (Å²) < 4.78 is 10.9. The molecule has 22 heavy (non-hydrogen) atoms. The fraction of sp³-hybridized carbons (Fsp3) is 0.611. The number of nitrogens with zero attached hydrogens (tertiary/aromatic N) is 1. The average molecular weight is 303 g/mol. The van der Waals surface area contributed by atoms with E-state index in [-0.39, 0.29) is 12.0 Å². The van der Waals surface area contributed by atoms with E-state index in [2.05, 4.69) is 4.90 Å². The van der Waals surface area contributed by atoms with Gasteiger partial charge < -0.3 is 14.4 Å². The normalized spacial score (nSPS) is 22.1. The lowest BCUT2D eigenvalue weighted by molar-refractivity contribution is -0.136. The molecule has 1 saturated heterocycles. The van der Waals surface area contributed by atoms with Gasteiger partial charge in [-0.3, -0.25) is 4.79 Å². The second kappa shape index (κ2) is 6.59. The first-order valence-electron chi connectivity index (χ1n) is 8.27. The van der Waals surface area contributed by atoms with E-state index in [1.54, 1.807) is 14.2 Å². The molecule has 4 heteroatoms. The van der Waals surface area contributed by atoms with E-state index in [1.165, 1.54) is 12.8 Å². The Morgan fingerprint density at radius 3 is 2.55 bits per heavy atom. The molecule has 0 aromatic heterocycles. The molecule has 1 aliphatic heterocycles. The van der Waals surface area contributed by atoms with Crippen molar-refractivity contribution in [3.8, 4) is 11.5 Å². The largest absolute Gasteiger partial charge is 0.497 e. The molecule has 1 aliphatic carbocycles. The molecule has 1 unspecified atom stereocenters. The van der Waals surface area contributed by atoms with Crippen molar-refractivity contribution in [2.45, 2.75) is 44.6 Å². The average Bonchev–Trinajstić information content (AvgIpc) is 3.24. The highest BCUT2D eigenvalue weighted by atomic mass is 16.5. The highest BCUT2D eigenvalue weighted by Gasteiger charge is 2.36. The van der Waals surface area contributed by atoms with Gasteiger partial charge in [0, 0.05) is 18.0 Å². The van der Waals surface area contributed by atoms with Gasteiger partial charge in [-0.2, -0.15) is 0 Å². The molecule has 1 heterocycles. The maximum Gasteiger partial charge on any atom is 0.226 e. The van der Waals surface area contributed by atoms with Crippen LogP contribution in [-0.4, -0.2) is 31.6 Å². The van der Waals surface area contributed by atoms with E-state index in [9.17, 15) is 4.79 Å². The van der Waals surface area contributed by atoms with Crippen LogP contribution in [0.2, 0.25) is 0 Å². The Morgan fingerprint density at radius 1 is 1.09 bits per heavy atom. The third-order valence-corrected chi connectivity index (χ3v) is 5.04. The summed E-state index contributed by atoms with van der Waals surface area (Å²) in [5.41, 5.74) is 1.07. The zero-order chi connectivity index (χ0) is 15.5. The van der Waals surface area contributed by atoms with Crippen molar-refractivity contribution in [2.75, 3.05) is 20.8 Å². The van der Waals surface area contributed by atoms with Crippen LogP contribution in [0.4, 0.5) is 0 Å². The van der Waals surface area contributed by atoms with Gasteiger partial charge in [0.05, 0.1) is 20.3 Å². The standard InChI is InChI=1S/C18H25NO3/c1-21-14-9-10-17(22-2)15(12-14)16-8-5-11-19(16)18(20)13-6-3-4-7-13/h9-10,12-13,16H,3-8,11H2,1-2H3. The second-order valence-corrected chi connectivity index (χ2v) is 6.28. The summed E-state index contributed by atoms with van der Waals surface area (Å²) in [6.45, 7) is 0.861. The minimum atomic E-state index is 0.123. The van der Waals surface area contributed by atoms with Crippen molar-refractivity contribution >= 4 is 5.91 Å². The van der Waals surface area contributed by atoms with Crippen molar-refractivity contribution < 1.29 is 14.3 Å². The lowest BCUT2D eigenvalue weighted by atomic mass is 10.0. The minimum Gasteiger partial charge on any atom is -0.497 e. The Morgan fingerprint density at radius 2 is 1.86 bits per heavy atom. The van der Waals surface area contributed by atoms with E-state index in [1.807, 2.05) is 18.2 Å². The second-order valence-electron chi connectivity index (χ2n) is 6.28. The van der Waals surface area contributed by atoms with E-state index in [0.29, 0.717) is 5.91 Å². The molecule has 0 spiro atoms. The van der Waals surface area contributed by atoms with Crippen LogP contribution in [0.3, 0.4) is 0 Å². The Kier molecular flexibility index (Phi) is 4.55. The molecule has 1 amide bonds. The Hall–Kier alpha value is -1.71. The number of likely N-dealkylation sites (tertiary alicyclic amines) is 1.